The third-order valence-corrected chi connectivity index (χ3v) is 4.19. The Kier molecular flexibility index (Phi) is 11.6. The zero-order chi connectivity index (χ0) is 25.7. The number of ether oxygens (including phenoxy) is 1. The van der Waals surface area contributed by atoms with E-state index in [0.29, 0.717) is 18.0 Å². The highest BCUT2D eigenvalue weighted by atomic mass is 16.5. The van der Waals surface area contributed by atoms with Crippen molar-refractivity contribution in [1.29, 1.82) is 5.41 Å². The van der Waals surface area contributed by atoms with Gasteiger partial charge >= 0.3 is 5.97 Å². The number of amidine groups is 1. The van der Waals surface area contributed by atoms with Gasteiger partial charge in [0.1, 0.15) is 12.2 Å². The summed E-state index contributed by atoms with van der Waals surface area (Å²) >= 11 is 0. The van der Waals surface area contributed by atoms with Crippen LogP contribution < -0.4 is 11.3 Å². The molecule has 0 unspecified atom stereocenters. The minimum Gasteiger partial charge on any atom is -0.466 e. The molecule has 0 radical (unpaired) electrons. The predicted octanol–water partition coefficient (Wildman–Crippen LogP) is 4.13. The molecule has 0 atom stereocenters. The normalized spacial score (nSPS) is 9.56. The third kappa shape index (κ3) is 11.0. The first-order valence-electron chi connectivity index (χ1n) is 10.7. The van der Waals surface area contributed by atoms with Crippen molar-refractivity contribution in [3.63, 3.8) is 0 Å². The second-order valence-corrected chi connectivity index (χ2v) is 7.54. The summed E-state index contributed by atoms with van der Waals surface area (Å²) in [4.78, 5) is 40.8. The first-order chi connectivity index (χ1) is 16.0. The van der Waals surface area contributed by atoms with Gasteiger partial charge in [0, 0.05) is 17.2 Å². The Balaban J connectivity index is 0.000000294. The lowest BCUT2D eigenvalue weighted by Gasteiger charge is -2.01. The first kappa shape index (κ1) is 28.0. The zero-order valence-electron chi connectivity index (χ0n) is 20.3. The number of hydrogen-bond acceptors (Lipinski definition) is 6. The predicted molar refractivity (Wildman–Crippen MR) is 134 cm³/mol. The number of ketones is 1. The Hall–Kier alpha value is -4.07. The molecule has 0 saturated carbocycles. The molecule has 0 spiro atoms. The van der Waals surface area contributed by atoms with E-state index in [4.69, 9.17) is 15.9 Å². The van der Waals surface area contributed by atoms with E-state index in [0.717, 1.165) is 16.8 Å². The highest BCUT2D eigenvalue weighted by Crippen LogP contribution is 2.15. The molecule has 0 aliphatic heterocycles. The molecule has 0 aliphatic rings. The van der Waals surface area contributed by atoms with E-state index in [-0.39, 0.29) is 23.6 Å². The average Bonchev–Trinajstić information content (AvgIpc) is 2.74. The smallest absolute Gasteiger partial charge is 0.313 e. The molecule has 4 N–H and O–H groups in total. The van der Waals surface area contributed by atoms with Gasteiger partial charge in [0.05, 0.1) is 18.1 Å². The molecule has 3 aromatic rings. The Morgan fingerprint density at radius 2 is 1.50 bits per heavy atom. The van der Waals surface area contributed by atoms with E-state index in [1.807, 2.05) is 50.2 Å². The second kappa shape index (κ2) is 14.2. The lowest BCUT2D eigenvalue weighted by atomic mass is 10.1. The maximum atomic E-state index is 11.5. The molecule has 34 heavy (non-hydrogen) atoms. The standard InChI is InChI=1S/C12H12N2O.C12H14O3.C2H6N2/c1-8-3-5-10(6-4-8)11-7-12(15)14-9(2)13-11;1-3-15-12(14)8-11(13)10-6-4-9(2)5-7-10;1-2(3)4/h3-7H,1-2H3,(H,13,14,15);4-7H,3,8H2,1-2H3;1H3,(H3,3,4). The lowest BCUT2D eigenvalue weighted by molar-refractivity contribution is -0.141. The van der Waals surface area contributed by atoms with Gasteiger partial charge in [-0.3, -0.25) is 19.8 Å². The van der Waals surface area contributed by atoms with Crippen LogP contribution in [-0.2, 0) is 9.53 Å². The number of aromatic amines is 1. The molecule has 3 rings (SSSR count). The average molecular weight is 465 g/mol. The van der Waals surface area contributed by atoms with Gasteiger partial charge in [-0.05, 0) is 34.6 Å². The highest BCUT2D eigenvalue weighted by Gasteiger charge is 2.11. The van der Waals surface area contributed by atoms with Gasteiger partial charge in [-0.2, -0.15) is 0 Å². The molecule has 0 aliphatic carbocycles. The lowest BCUT2D eigenvalue weighted by Crippen LogP contribution is -2.11. The number of benzene rings is 2. The number of carbonyl (C=O) groups excluding carboxylic acids is 2. The summed E-state index contributed by atoms with van der Waals surface area (Å²) in [7, 11) is 0. The van der Waals surface area contributed by atoms with Crippen LogP contribution >= 0.6 is 0 Å². The molecule has 1 aromatic heterocycles. The van der Waals surface area contributed by atoms with Crippen LogP contribution in [0.1, 0.15) is 47.6 Å². The Morgan fingerprint density at radius 1 is 1.00 bits per heavy atom. The summed E-state index contributed by atoms with van der Waals surface area (Å²) in [5.74, 6) is 0.134. The second-order valence-electron chi connectivity index (χ2n) is 7.54. The van der Waals surface area contributed by atoms with Crippen molar-refractivity contribution < 1.29 is 14.3 Å². The Morgan fingerprint density at radius 3 is 1.97 bits per heavy atom. The quantitative estimate of drug-likeness (QED) is 0.171. The van der Waals surface area contributed by atoms with Crippen molar-refractivity contribution >= 4 is 17.6 Å². The van der Waals surface area contributed by atoms with Crippen LogP contribution in [0.3, 0.4) is 0 Å². The van der Waals surface area contributed by atoms with Crippen LogP contribution in [0, 0.1) is 26.2 Å². The number of H-pyrrole nitrogens is 1. The Labute approximate surface area is 199 Å². The number of Topliss-reactive ketones (excluding diaryl/α,β-unsaturated/α-hetero) is 1. The molecule has 1 heterocycles. The van der Waals surface area contributed by atoms with E-state index >= 15 is 0 Å². The summed E-state index contributed by atoms with van der Waals surface area (Å²) in [6.07, 6.45) is -0.184. The zero-order valence-corrected chi connectivity index (χ0v) is 20.3. The van der Waals surface area contributed by atoms with Gasteiger partial charge in [-0.1, -0.05) is 59.7 Å². The number of nitrogens with zero attached hydrogens (tertiary/aromatic N) is 1. The minimum atomic E-state index is -0.469. The van der Waals surface area contributed by atoms with Crippen LogP contribution in [0.25, 0.3) is 11.3 Å². The highest BCUT2D eigenvalue weighted by molar-refractivity contribution is 6.05. The van der Waals surface area contributed by atoms with Gasteiger partial charge in [-0.25, -0.2) is 4.98 Å². The van der Waals surface area contributed by atoms with Crippen molar-refractivity contribution in [3.05, 3.63) is 87.5 Å². The van der Waals surface area contributed by atoms with E-state index in [9.17, 15) is 14.4 Å². The van der Waals surface area contributed by atoms with Gasteiger partial charge in [-0.15, -0.1) is 0 Å². The summed E-state index contributed by atoms with van der Waals surface area (Å²) in [5, 5.41) is 6.28. The maximum Gasteiger partial charge on any atom is 0.313 e. The SMILES string of the molecule is CC(=N)N.CCOC(=O)CC(=O)c1ccc(C)cc1.Cc1ccc(-c2cc(=O)[nH]c(C)n2)cc1. The first-order valence-corrected chi connectivity index (χ1v) is 10.7. The minimum absolute atomic E-state index is 0.113. The van der Waals surface area contributed by atoms with Crippen molar-refractivity contribution in [2.24, 2.45) is 5.73 Å². The molecule has 0 bridgehead atoms. The van der Waals surface area contributed by atoms with Gasteiger partial charge in [0.25, 0.3) is 5.56 Å². The summed E-state index contributed by atoms with van der Waals surface area (Å²) in [5.41, 5.74) is 9.10. The van der Waals surface area contributed by atoms with E-state index in [1.165, 1.54) is 18.6 Å². The topological polar surface area (TPSA) is 139 Å². The number of esters is 1. The number of aromatic nitrogens is 2. The number of aryl methyl sites for hydroxylation is 3. The third-order valence-electron chi connectivity index (χ3n) is 4.19. The number of carbonyl (C=O) groups is 2. The molecular weight excluding hydrogens is 432 g/mol. The molecule has 8 nitrogen and oxygen atoms in total. The largest absolute Gasteiger partial charge is 0.466 e. The van der Waals surface area contributed by atoms with E-state index in [2.05, 4.69) is 9.97 Å². The van der Waals surface area contributed by atoms with Crippen molar-refractivity contribution in [2.75, 3.05) is 6.61 Å². The summed E-state index contributed by atoms with van der Waals surface area (Å²) in [6, 6.07) is 16.6. The summed E-state index contributed by atoms with van der Waals surface area (Å²) < 4.78 is 4.70. The van der Waals surface area contributed by atoms with E-state index < -0.39 is 5.97 Å². The van der Waals surface area contributed by atoms with Gasteiger partial charge in [0.15, 0.2) is 5.78 Å². The van der Waals surface area contributed by atoms with Crippen LogP contribution in [0.2, 0.25) is 0 Å². The fraction of sp³-hybridized carbons (Fsp3) is 0.269. The summed E-state index contributed by atoms with van der Waals surface area (Å²) in [6.45, 7) is 9.30. The van der Waals surface area contributed by atoms with Crippen LogP contribution in [0.4, 0.5) is 0 Å². The van der Waals surface area contributed by atoms with Crippen LogP contribution in [-0.4, -0.2) is 34.2 Å². The molecular formula is C26H32N4O4. The molecule has 180 valence electrons. The fourth-order valence-electron chi connectivity index (χ4n) is 2.64. The molecule has 2 aromatic carbocycles. The molecule has 8 heteroatoms. The number of nitrogens with two attached hydrogens (primary N) is 1. The van der Waals surface area contributed by atoms with Crippen molar-refractivity contribution in [2.45, 2.75) is 41.0 Å². The maximum absolute atomic E-state index is 11.5. The van der Waals surface area contributed by atoms with E-state index in [1.54, 1.807) is 26.0 Å². The van der Waals surface area contributed by atoms with Gasteiger partial charge in [0.2, 0.25) is 0 Å². The molecule has 0 fully saturated rings. The van der Waals surface area contributed by atoms with Gasteiger partial charge < -0.3 is 15.5 Å². The van der Waals surface area contributed by atoms with Crippen molar-refractivity contribution in [1.82, 2.24) is 9.97 Å². The monoisotopic (exact) mass is 464 g/mol. The number of hydrogen-bond donors (Lipinski definition) is 3. The molecule has 0 amide bonds. The molecule has 0 saturated heterocycles. The van der Waals surface area contributed by atoms with Crippen LogP contribution in [0.15, 0.2) is 59.4 Å². The fourth-order valence-corrected chi connectivity index (χ4v) is 2.64. The Bertz CT molecular complexity index is 1150. The number of nitrogens with one attached hydrogen (secondary N) is 2. The van der Waals surface area contributed by atoms with Crippen molar-refractivity contribution in [3.8, 4) is 11.3 Å². The number of rotatable bonds is 5. The van der Waals surface area contributed by atoms with Crippen LogP contribution in [0.5, 0.6) is 0 Å².